The first kappa shape index (κ1) is 15.8. The SMILES string of the molecule is CC(C)N1CCCN(S(=O)(=O)c2cccc3nsnc23)CC1. The van der Waals surface area contributed by atoms with Crippen LogP contribution in [0.4, 0.5) is 0 Å². The van der Waals surface area contributed by atoms with Crippen LogP contribution in [0, 0.1) is 0 Å². The van der Waals surface area contributed by atoms with Gasteiger partial charge < -0.3 is 0 Å². The third-order valence-corrected chi connectivity index (χ3v) is 6.56. The summed E-state index contributed by atoms with van der Waals surface area (Å²) in [4.78, 5) is 2.59. The predicted octanol–water partition coefficient (Wildman–Crippen LogP) is 1.80. The Morgan fingerprint density at radius 3 is 2.73 bits per heavy atom. The quantitative estimate of drug-likeness (QED) is 0.852. The van der Waals surface area contributed by atoms with Crippen molar-refractivity contribution in [2.75, 3.05) is 26.2 Å². The number of hydrogen-bond acceptors (Lipinski definition) is 6. The molecule has 0 spiro atoms. The molecule has 0 aliphatic carbocycles. The molecule has 0 unspecified atom stereocenters. The van der Waals surface area contributed by atoms with E-state index in [1.807, 2.05) is 0 Å². The van der Waals surface area contributed by atoms with Gasteiger partial charge in [0.1, 0.15) is 15.9 Å². The van der Waals surface area contributed by atoms with Crippen molar-refractivity contribution in [2.45, 2.75) is 31.2 Å². The molecule has 22 heavy (non-hydrogen) atoms. The third kappa shape index (κ3) is 2.88. The number of fused-ring (bicyclic) bond motifs is 1. The van der Waals surface area contributed by atoms with Crippen molar-refractivity contribution in [3.05, 3.63) is 18.2 Å². The zero-order chi connectivity index (χ0) is 15.7. The first-order valence-electron chi connectivity index (χ1n) is 7.45. The van der Waals surface area contributed by atoms with Gasteiger partial charge in [-0.15, -0.1) is 0 Å². The summed E-state index contributed by atoms with van der Waals surface area (Å²) in [7, 11) is -3.52. The molecular weight excluding hydrogens is 320 g/mol. The molecule has 0 amide bonds. The number of sulfonamides is 1. The van der Waals surface area contributed by atoms with Crippen LogP contribution >= 0.6 is 11.7 Å². The maximum atomic E-state index is 13.0. The molecule has 1 saturated heterocycles. The highest BCUT2D eigenvalue weighted by Crippen LogP contribution is 2.25. The van der Waals surface area contributed by atoms with E-state index in [0.29, 0.717) is 30.2 Å². The van der Waals surface area contributed by atoms with Crippen molar-refractivity contribution in [2.24, 2.45) is 0 Å². The van der Waals surface area contributed by atoms with E-state index in [0.717, 1.165) is 31.2 Å². The number of nitrogens with zero attached hydrogens (tertiary/aromatic N) is 4. The lowest BCUT2D eigenvalue weighted by Crippen LogP contribution is -2.37. The van der Waals surface area contributed by atoms with E-state index in [9.17, 15) is 8.42 Å². The molecule has 3 rings (SSSR count). The van der Waals surface area contributed by atoms with Crippen molar-refractivity contribution in [1.82, 2.24) is 18.0 Å². The largest absolute Gasteiger partial charge is 0.300 e. The summed E-state index contributed by atoms with van der Waals surface area (Å²) in [5.41, 5.74) is 1.13. The monoisotopic (exact) mass is 340 g/mol. The number of benzene rings is 1. The number of aromatic nitrogens is 2. The van der Waals surface area contributed by atoms with Crippen LogP contribution in [-0.2, 0) is 10.0 Å². The standard InChI is InChI=1S/C14H20N4O2S2/c1-11(2)17-7-4-8-18(10-9-17)22(19,20)13-6-3-5-12-14(13)16-21-15-12/h3,5-6,11H,4,7-10H2,1-2H3. The molecule has 0 bridgehead atoms. The molecule has 1 aliphatic rings. The molecule has 1 aromatic heterocycles. The molecule has 1 aromatic carbocycles. The second-order valence-electron chi connectivity index (χ2n) is 5.78. The van der Waals surface area contributed by atoms with Gasteiger partial charge >= 0.3 is 0 Å². The Hall–Kier alpha value is -1.09. The van der Waals surface area contributed by atoms with E-state index in [-0.39, 0.29) is 4.90 Å². The van der Waals surface area contributed by atoms with Crippen LogP contribution in [0.3, 0.4) is 0 Å². The minimum Gasteiger partial charge on any atom is -0.300 e. The fourth-order valence-electron chi connectivity index (χ4n) is 2.80. The Bertz CT molecular complexity index is 757. The van der Waals surface area contributed by atoms with Gasteiger partial charge in [-0.2, -0.15) is 13.1 Å². The highest BCUT2D eigenvalue weighted by atomic mass is 32.2. The zero-order valence-electron chi connectivity index (χ0n) is 12.8. The van der Waals surface area contributed by atoms with E-state index < -0.39 is 10.0 Å². The Kier molecular flexibility index (Phi) is 4.44. The second-order valence-corrected chi connectivity index (χ2v) is 8.21. The summed E-state index contributed by atoms with van der Waals surface area (Å²) in [6, 6.07) is 5.59. The first-order valence-corrected chi connectivity index (χ1v) is 9.62. The third-order valence-electron chi connectivity index (χ3n) is 4.09. The molecular formula is C14H20N4O2S2. The van der Waals surface area contributed by atoms with Crippen LogP contribution in [0.15, 0.2) is 23.1 Å². The molecule has 6 nitrogen and oxygen atoms in total. The molecule has 8 heteroatoms. The molecule has 120 valence electrons. The van der Waals surface area contributed by atoms with E-state index in [4.69, 9.17) is 0 Å². The molecule has 0 saturated carbocycles. The first-order chi connectivity index (χ1) is 10.5. The van der Waals surface area contributed by atoms with Crippen LogP contribution in [0.2, 0.25) is 0 Å². The highest BCUT2D eigenvalue weighted by molar-refractivity contribution is 7.89. The fourth-order valence-corrected chi connectivity index (χ4v) is 5.02. The Labute approximate surface area is 135 Å². The van der Waals surface area contributed by atoms with Crippen molar-refractivity contribution in [3.63, 3.8) is 0 Å². The smallest absolute Gasteiger partial charge is 0.245 e. The summed E-state index contributed by atoms with van der Waals surface area (Å²) in [6.07, 6.45) is 0.850. The summed E-state index contributed by atoms with van der Waals surface area (Å²) >= 11 is 1.05. The average molecular weight is 340 g/mol. The highest BCUT2D eigenvalue weighted by Gasteiger charge is 2.29. The summed E-state index contributed by atoms with van der Waals surface area (Å²) in [5, 5.41) is 0. The van der Waals surface area contributed by atoms with Gasteiger partial charge in [0.25, 0.3) is 0 Å². The molecule has 2 aromatic rings. The number of rotatable bonds is 3. The lowest BCUT2D eigenvalue weighted by atomic mass is 10.3. The van der Waals surface area contributed by atoms with E-state index in [1.54, 1.807) is 22.5 Å². The van der Waals surface area contributed by atoms with Crippen molar-refractivity contribution in [3.8, 4) is 0 Å². The van der Waals surface area contributed by atoms with Crippen LogP contribution in [0.1, 0.15) is 20.3 Å². The van der Waals surface area contributed by atoms with Gasteiger partial charge in [-0.3, -0.25) is 4.90 Å². The van der Waals surface area contributed by atoms with Gasteiger partial charge in [0.15, 0.2) is 0 Å². The van der Waals surface area contributed by atoms with Gasteiger partial charge in [0.05, 0.1) is 11.7 Å². The summed E-state index contributed by atoms with van der Waals surface area (Å²) in [6.45, 7) is 7.07. The van der Waals surface area contributed by atoms with Gasteiger partial charge in [-0.05, 0) is 38.9 Å². The molecule has 0 atom stereocenters. The van der Waals surface area contributed by atoms with E-state index in [2.05, 4.69) is 27.5 Å². The Balaban J connectivity index is 1.91. The van der Waals surface area contributed by atoms with E-state index >= 15 is 0 Å². The van der Waals surface area contributed by atoms with Gasteiger partial charge in [-0.1, -0.05) is 6.07 Å². The predicted molar refractivity (Wildman–Crippen MR) is 87.5 cm³/mol. The lowest BCUT2D eigenvalue weighted by Gasteiger charge is -2.24. The van der Waals surface area contributed by atoms with Gasteiger partial charge in [0, 0.05) is 25.7 Å². The van der Waals surface area contributed by atoms with Crippen LogP contribution < -0.4 is 0 Å². The van der Waals surface area contributed by atoms with Gasteiger partial charge in [0.2, 0.25) is 10.0 Å². The normalized spacial score (nSPS) is 18.9. The Morgan fingerprint density at radius 2 is 1.95 bits per heavy atom. The Morgan fingerprint density at radius 1 is 1.14 bits per heavy atom. The molecule has 2 heterocycles. The minimum absolute atomic E-state index is 0.275. The van der Waals surface area contributed by atoms with Crippen LogP contribution in [-0.4, -0.2) is 58.6 Å². The fraction of sp³-hybridized carbons (Fsp3) is 0.571. The average Bonchev–Trinajstić information content (AvgIpc) is 2.81. The molecule has 1 aliphatic heterocycles. The van der Waals surface area contributed by atoms with Crippen molar-refractivity contribution >= 4 is 32.8 Å². The van der Waals surface area contributed by atoms with Crippen molar-refractivity contribution < 1.29 is 8.42 Å². The van der Waals surface area contributed by atoms with Crippen LogP contribution in [0.5, 0.6) is 0 Å². The van der Waals surface area contributed by atoms with Crippen molar-refractivity contribution in [1.29, 1.82) is 0 Å². The summed E-state index contributed by atoms with van der Waals surface area (Å²) < 4.78 is 35.8. The zero-order valence-corrected chi connectivity index (χ0v) is 14.4. The number of hydrogen-bond donors (Lipinski definition) is 0. The maximum absolute atomic E-state index is 13.0. The summed E-state index contributed by atoms with van der Waals surface area (Å²) in [5.74, 6) is 0. The molecule has 0 N–H and O–H groups in total. The second kappa shape index (κ2) is 6.19. The van der Waals surface area contributed by atoms with E-state index in [1.165, 1.54) is 0 Å². The maximum Gasteiger partial charge on any atom is 0.245 e. The van der Waals surface area contributed by atoms with Crippen LogP contribution in [0.25, 0.3) is 11.0 Å². The minimum atomic E-state index is -3.52. The molecule has 1 fully saturated rings. The van der Waals surface area contributed by atoms with Gasteiger partial charge in [-0.25, -0.2) is 8.42 Å². The topological polar surface area (TPSA) is 66.4 Å². The molecule has 0 radical (unpaired) electrons. The lowest BCUT2D eigenvalue weighted by molar-refractivity contribution is 0.233.